The fraction of sp³-hybridized carbons (Fsp3) is 0.650. The summed E-state index contributed by atoms with van der Waals surface area (Å²) < 4.78 is 5.56. The Morgan fingerprint density at radius 3 is 2.71 bits per heavy atom. The fourth-order valence-corrected chi connectivity index (χ4v) is 3.64. The van der Waals surface area contributed by atoms with Gasteiger partial charge < -0.3 is 24.5 Å². The summed E-state index contributed by atoms with van der Waals surface area (Å²) >= 11 is 0. The summed E-state index contributed by atoms with van der Waals surface area (Å²) in [5.41, 5.74) is 0. The number of hydrogen-bond donors (Lipinski definition) is 1. The molecule has 2 aliphatic rings. The van der Waals surface area contributed by atoms with Gasteiger partial charge in [0.2, 0.25) is 11.8 Å². The summed E-state index contributed by atoms with van der Waals surface area (Å²) in [6, 6.07) is 5.11. The van der Waals surface area contributed by atoms with Gasteiger partial charge in [-0.05, 0) is 33.3 Å². The SMILES string of the molecule is CC(C)/N=C(/[C@H](C)N1CCN(c2cccc(O)n2)CC1=O)N(C)C[C@@H]1CCO1. The summed E-state index contributed by atoms with van der Waals surface area (Å²) in [6.07, 6.45) is 1.32. The van der Waals surface area contributed by atoms with E-state index in [1.54, 1.807) is 6.07 Å². The van der Waals surface area contributed by atoms with Gasteiger partial charge in [0.05, 0.1) is 18.7 Å². The van der Waals surface area contributed by atoms with Crippen molar-refractivity contribution in [3.8, 4) is 5.88 Å². The third-order valence-electron chi connectivity index (χ3n) is 5.19. The molecule has 0 bridgehead atoms. The Balaban J connectivity index is 1.69. The number of aromatic nitrogens is 1. The van der Waals surface area contributed by atoms with Gasteiger partial charge in [-0.3, -0.25) is 9.79 Å². The molecule has 2 saturated heterocycles. The summed E-state index contributed by atoms with van der Waals surface area (Å²) in [5.74, 6) is 1.54. The zero-order valence-electron chi connectivity index (χ0n) is 17.2. The summed E-state index contributed by atoms with van der Waals surface area (Å²) in [7, 11) is 2.02. The molecular formula is C20H31N5O3. The number of piperazine rings is 1. The van der Waals surface area contributed by atoms with Crippen LogP contribution < -0.4 is 4.90 Å². The van der Waals surface area contributed by atoms with Gasteiger partial charge in [-0.1, -0.05) is 6.07 Å². The summed E-state index contributed by atoms with van der Waals surface area (Å²) in [5, 5.41) is 9.60. The first-order valence-corrected chi connectivity index (χ1v) is 9.96. The van der Waals surface area contributed by atoms with Gasteiger partial charge in [0.25, 0.3) is 0 Å². The quantitative estimate of drug-likeness (QED) is 0.584. The third-order valence-corrected chi connectivity index (χ3v) is 5.19. The van der Waals surface area contributed by atoms with E-state index < -0.39 is 0 Å². The molecule has 0 aliphatic carbocycles. The number of rotatable bonds is 6. The molecule has 0 radical (unpaired) electrons. The molecule has 154 valence electrons. The number of carbonyl (C=O) groups is 1. The zero-order chi connectivity index (χ0) is 20.3. The van der Waals surface area contributed by atoms with Crippen molar-refractivity contribution < 1.29 is 14.6 Å². The van der Waals surface area contributed by atoms with Crippen molar-refractivity contribution >= 4 is 17.6 Å². The Bertz CT molecular complexity index is 720. The van der Waals surface area contributed by atoms with Gasteiger partial charge in [-0.25, -0.2) is 0 Å². The molecule has 3 rings (SSSR count). The van der Waals surface area contributed by atoms with Gasteiger partial charge >= 0.3 is 0 Å². The number of amidine groups is 1. The van der Waals surface area contributed by atoms with E-state index in [4.69, 9.17) is 9.73 Å². The highest BCUT2D eigenvalue weighted by Crippen LogP contribution is 2.20. The number of nitrogens with zero attached hydrogens (tertiary/aromatic N) is 5. The first-order chi connectivity index (χ1) is 13.3. The molecule has 8 nitrogen and oxygen atoms in total. The largest absolute Gasteiger partial charge is 0.493 e. The highest BCUT2D eigenvalue weighted by Gasteiger charge is 2.33. The van der Waals surface area contributed by atoms with Crippen molar-refractivity contribution in [1.29, 1.82) is 0 Å². The van der Waals surface area contributed by atoms with Gasteiger partial charge in [0.15, 0.2) is 0 Å². The smallest absolute Gasteiger partial charge is 0.242 e. The van der Waals surface area contributed by atoms with E-state index in [1.165, 1.54) is 6.07 Å². The van der Waals surface area contributed by atoms with Crippen molar-refractivity contribution in [1.82, 2.24) is 14.8 Å². The molecule has 2 atom stereocenters. The van der Waals surface area contributed by atoms with E-state index in [0.717, 1.165) is 25.4 Å². The Labute approximate surface area is 166 Å². The van der Waals surface area contributed by atoms with Crippen LogP contribution in [0.5, 0.6) is 5.88 Å². The van der Waals surface area contributed by atoms with Crippen molar-refractivity contribution in [3.63, 3.8) is 0 Å². The average molecular weight is 390 g/mol. The molecule has 28 heavy (non-hydrogen) atoms. The first-order valence-electron chi connectivity index (χ1n) is 9.96. The maximum Gasteiger partial charge on any atom is 0.242 e. The van der Waals surface area contributed by atoms with Crippen molar-refractivity contribution in [3.05, 3.63) is 18.2 Å². The number of pyridine rings is 1. The van der Waals surface area contributed by atoms with E-state index >= 15 is 0 Å². The van der Waals surface area contributed by atoms with E-state index in [9.17, 15) is 9.90 Å². The number of likely N-dealkylation sites (N-methyl/N-ethyl adjacent to an activating group) is 1. The highest BCUT2D eigenvalue weighted by molar-refractivity contribution is 5.93. The molecule has 1 aromatic rings. The average Bonchev–Trinajstić information content (AvgIpc) is 2.61. The minimum atomic E-state index is -0.112. The second-order valence-corrected chi connectivity index (χ2v) is 7.78. The Kier molecular flexibility index (Phi) is 6.39. The first kappa shape index (κ1) is 20.4. The molecule has 0 spiro atoms. The lowest BCUT2D eigenvalue weighted by Gasteiger charge is -2.41. The number of hydrogen-bond acceptors (Lipinski definition) is 6. The van der Waals surface area contributed by atoms with Gasteiger partial charge in [0, 0.05) is 45.4 Å². The normalized spacial score (nSPS) is 21.7. The van der Waals surface area contributed by atoms with Crippen LogP contribution in [0.4, 0.5) is 5.82 Å². The second kappa shape index (κ2) is 8.77. The fourth-order valence-electron chi connectivity index (χ4n) is 3.64. The number of aromatic hydroxyl groups is 1. The molecule has 0 unspecified atom stereocenters. The number of anilines is 1. The van der Waals surface area contributed by atoms with Crippen LogP contribution in [-0.2, 0) is 9.53 Å². The van der Waals surface area contributed by atoms with Gasteiger partial charge in [-0.15, -0.1) is 0 Å². The van der Waals surface area contributed by atoms with Crippen molar-refractivity contribution in [2.45, 2.75) is 45.4 Å². The Hall–Kier alpha value is -2.35. The lowest BCUT2D eigenvalue weighted by Crippen LogP contribution is -2.58. The van der Waals surface area contributed by atoms with Crippen molar-refractivity contribution in [2.24, 2.45) is 4.99 Å². The summed E-state index contributed by atoms with van der Waals surface area (Å²) in [4.78, 5) is 27.8. The molecular weight excluding hydrogens is 358 g/mol. The van der Waals surface area contributed by atoms with Crippen LogP contribution in [0.15, 0.2) is 23.2 Å². The molecule has 1 N–H and O–H groups in total. The standard InChI is InChI=1S/C20H31N5O3/c1-14(2)21-20(23(4)12-16-8-11-28-16)15(3)25-10-9-24(13-19(25)27)17-6-5-7-18(26)22-17/h5-7,14-16H,8-13H2,1-4H3,(H,22,26)/b21-20-/t15-,16-/m0/s1. The van der Waals surface area contributed by atoms with E-state index in [0.29, 0.717) is 18.9 Å². The molecule has 1 aromatic heterocycles. The summed E-state index contributed by atoms with van der Waals surface area (Å²) in [6.45, 7) is 9.25. The molecule has 0 saturated carbocycles. The molecule has 3 heterocycles. The third kappa shape index (κ3) is 4.73. The van der Waals surface area contributed by atoms with Crippen LogP contribution in [0.2, 0.25) is 0 Å². The Morgan fingerprint density at radius 1 is 1.39 bits per heavy atom. The van der Waals surface area contributed by atoms with Crippen LogP contribution >= 0.6 is 0 Å². The number of amides is 1. The Morgan fingerprint density at radius 2 is 2.14 bits per heavy atom. The lowest BCUT2D eigenvalue weighted by molar-refractivity contribution is -0.132. The molecule has 2 fully saturated rings. The van der Waals surface area contributed by atoms with Crippen LogP contribution in [0.25, 0.3) is 0 Å². The lowest BCUT2D eigenvalue weighted by atomic mass is 10.1. The van der Waals surface area contributed by atoms with Crippen molar-refractivity contribution in [2.75, 3.05) is 44.7 Å². The van der Waals surface area contributed by atoms with Gasteiger partial charge in [-0.2, -0.15) is 4.98 Å². The number of ether oxygens (including phenoxy) is 1. The zero-order valence-corrected chi connectivity index (χ0v) is 17.2. The molecule has 0 aromatic carbocycles. The van der Waals surface area contributed by atoms with Gasteiger partial charge in [0.1, 0.15) is 11.7 Å². The predicted molar refractivity (Wildman–Crippen MR) is 109 cm³/mol. The van der Waals surface area contributed by atoms with Crippen LogP contribution in [-0.4, -0.2) is 89.7 Å². The minimum Gasteiger partial charge on any atom is -0.493 e. The number of aliphatic imine (C=N–C) groups is 1. The van der Waals surface area contributed by atoms with Crippen LogP contribution in [0.1, 0.15) is 27.2 Å². The monoisotopic (exact) mass is 389 g/mol. The minimum absolute atomic E-state index is 0.0352. The number of carbonyl (C=O) groups excluding carboxylic acids is 1. The molecule has 1 amide bonds. The van der Waals surface area contributed by atoms with Crippen LogP contribution in [0, 0.1) is 0 Å². The second-order valence-electron chi connectivity index (χ2n) is 7.78. The van der Waals surface area contributed by atoms with E-state index in [-0.39, 0.29) is 36.5 Å². The predicted octanol–water partition coefficient (Wildman–Crippen LogP) is 1.35. The van der Waals surface area contributed by atoms with E-state index in [1.807, 2.05) is 43.7 Å². The van der Waals surface area contributed by atoms with Crippen LogP contribution in [0.3, 0.4) is 0 Å². The molecule has 8 heteroatoms. The maximum absolute atomic E-state index is 12.9. The molecule has 2 aliphatic heterocycles. The topological polar surface area (TPSA) is 81.5 Å². The highest BCUT2D eigenvalue weighted by atomic mass is 16.5. The van der Waals surface area contributed by atoms with E-state index in [2.05, 4.69) is 9.88 Å². The maximum atomic E-state index is 12.9.